The Morgan fingerprint density at radius 3 is 2.66 bits per heavy atom. The number of ether oxygens (including phenoxy) is 1. The Morgan fingerprint density at radius 2 is 1.91 bits per heavy atom. The molecule has 1 atom stereocenters. The quantitative estimate of drug-likeness (QED) is 0.523. The molecule has 184 valence electrons. The molecule has 0 saturated carbocycles. The van der Waals surface area contributed by atoms with Gasteiger partial charge >= 0.3 is 0 Å². The number of aromatic nitrogens is 3. The molecule has 0 unspecified atom stereocenters. The summed E-state index contributed by atoms with van der Waals surface area (Å²) in [6, 6.07) is 12.4. The van der Waals surface area contributed by atoms with Gasteiger partial charge in [0, 0.05) is 44.5 Å². The van der Waals surface area contributed by atoms with Crippen LogP contribution in [0.15, 0.2) is 53.2 Å². The summed E-state index contributed by atoms with van der Waals surface area (Å²) in [4.78, 5) is 25.5. The molecule has 5 rings (SSSR count). The third kappa shape index (κ3) is 5.43. The van der Waals surface area contributed by atoms with Crippen molar-refractivity contribution in [1.29, 1.82) is 0 Å². The van der Waals surface area contributed by atoms with Gasteiger partial charge in [-0.05, 0) is 24.3 Å². The van der Waals surface area contributed by atoms with E-state index in [1.807, 2.05) is 35.2 Å². The molecule has 0 spiro atoms. The number of pyridine rings is 1. The van der Waals surface area contributed by atoms with Crippen molar-refractivity contribution in [2.75, 3.05) is 55.7 Å². The number of sulfone groups is 1. The van der Waals surface area contributed by atoms with Crippen LogP contribution in [0.1, 0.15) is 11.9 Å². The van der Waals surface area contributed by atoms with Crippen LogP contribution in [-0.4, -0.2) is 85.2 Å². The van der Waals surface area contributed by atoms with Gasteiger partial charge in [0.1, 0.15) is 17.6 Å². The van der Waals surface area contributed by atoms with Gasteiger partial charge in [0.2, 0.25) is 5.82 Å². The number of benzene rings is 1. The number of carbonyl (C=O) groups excluding carboxylic acids is 1. The normalized spacial score (nSPS) is 19.9. The van der Waals surface area contributed by atoms with E-state index >= 15 is 0 Å². The van der Waals surface area contributed by atoms with Crippen molar-refractivity contribution >= 4 is 21.6 Å². The van der Waals surface area contributed by atoms with Crippen LogP contribution in [0.2, 0.25) is 0 Å². The molecule has 1 N–H and O–H groups in total. The van der Waals surface area contributed by atoms with E-state index < -0.39 is 15.9 Å². The molecule has 2 aromatic heterocycles. The maximum Gasteiger partial charge on any atom is 0.261 e. The summed E-state index contributed by atoms with van der Waals surface area (Å²) in [5.74, 6) is 2.16. The van der Waals surface area contributed by atoms with Gasteiger partial charge in [0.15, 0.2) is 16.4 Å². The lowest BCUT2D eigenvalue weighted by atomic mass is 10.2. The SMILES string of the molecule is O=C(COc1ccccc1)N1CCNC[C@@H]1c1nc(-c2ccc(N3CCS(=O)(=O)CC3)nc2)no1. The number of nitrogens with one attached hydrogen (secondary N) is 1. The molecular weight excluding hydrogens is 472 g/mol. The number of piperazine rings is 1. The molecule has 1 amide bonds. The fourth-order valence-electron chi connectivity index (χ4n) is 4.10. The average Bonchev–Trinajstić information content (AvgIpc) is 3.38. The zero-order valence-corrected chi connectivity index (χ0v) is 19.9. The summed E-state index contributed by atoms with van der Waals surface area (Å²) in [6.45, 7) is 2.43. The lowest BCUT2D eigenvalue weighted by molar-refractivity contribution is -0.137. The Hall–Kier alpha value is -3.51. The molecular formula is C23H26N6O5S. The largest absolute Gasteiger partial charge is 0.484 e. The molecule has 2 saturated heterocycles. The average molecular weight is 499 g/mol. The van der Waals surface area contributed by atoms with Crippen LogP contribution in [0.5, 0.6) is 5.75 Å². The smallest absolute Gasteiger partial charge is 0.261 e. The van der Waals surface area contributed by atoms with Crippen molar-refractivity contribution in [3.8, 4) is 17.1 Å². The fourth-order valence-corrected chi connectivity index (χ4v) is 5.30. The third-order valence-corrected chi connectivity index (χ3v) is 7.68. The molecule has 1 aromatic carbocycles. The van der Waals surface area contributed by atoms with Crippen LogP contribution >= 0.6 is 0 Å². The Labute approximate surface area is 203 Å². The van der Waals surface area contributed by atoms with Crippen molar-refractivity contribution in [1.82, 2.24) is 25.3 Å². The lowest BCUT2D eigenvalue weighted by Crippen LogP contribution is -2.50. The standard InChI is InChI=1S/C23H26N6O5S/c30-21(16-33-18-4-2-1-3-5-18)29-9-8-24-15-19(29)23-26-22(27-34-23)17-6-7-20(25-14-17)28-10-12-35(31,32)13-11-28/h1-7,14,19,24H,8-13,15-16H2/t19-/m1/s1. The van der Waals surface area contributed by atoms with Crippen LogP contribution in [0.3, 0.4) is 0 Å². The number of hydrogen-bond donors (Lipinski definition) is 1. The van der Waals surface area contributed by atoms with Crippen molar-refractivity contribution in [3.05, 3.63) is 54.6 Å². The Bertz CT molecular complexity index is 1250. The van der Waals surface area contributed by atoms with Gasteiger partial charge in [-0.15, -0.1) is 0 Å². The molecule has 2 aliphatic rings. The minimum Gasteiger partial charge on any atom is -0.484 e. The third-order valence-electron chi connectivity index (χ3n) is 6.07. The number of nitrogens with zero attached hydrogens (tertiary/aromatic N) is 5. The Morgan fingerprint density at radius 1 is 1.11 bits per heavy atom. The van der Waals surface area contributed by atoms with Crippen LogP contribution in [0.4, 0.5) is 5.82 Å². The van der Waals surface area contributed by atoms with Gasteiger partial charge in [0.25, 0.3) is 11.8 Å². The molecule has 35 heavy (non-hydrogen) atoms. The summed E-state index contributed by atoms with van der Waals surface area (Å²) in [6.07, 6.45) is 1.64. The van der Waals surface area contributed by atoms with E-state index in [1.54, 1.807) is 23.2 Å². The second-order valence-electron chi connectivity index (χ2n) is 8.41. The van der Waals surface area contributed by atoms with Crippen LogP contribution in [0, 0.1) is 0 Å². The molecule has 2 fully saturated rings. The fraction of sp³-hybridized carbons (Fsp3) is 0.391. The van der Waals surface area contributed by atoms with E-state index in [2.05, 4.69) is 20.4 Å². The highest BCUT2D eigenvalue weighted by atomic mass is 32.2. The second kappa shape index (κ2) is 10.0. The second-order valence-corrected chi connectivity index (χ2v) is 10.7. The highest BCUT2D eigenvalue weighted by molar-refractivity contribution is 7.91. The van der Waals surface area contributed by atoms with Crippen molar-refractivity contribution in [2.45, 2.75) is 6.04 Å². The van der Waals surface area contributed by atoms with Crippen LogP contribution < -0.4 is 15.0 Å². The predicted octanol–water partition coefficient (Wildman–Crippen LogP) is 0.918. The zero-order chi connectivity index (χ0) is 24.3. The Balaban J connectivity index is 1.25. The number of anilines is 1. The molecule has 3 aromatic rings. The highest BCUT2D eigenvalue weighted by Gasteiger charge is 2.32. The zero-order valence-electron chi connectivity index (χ0n) is 19.0. The van der Waals surface area contributed by atoms with Gasteiger partial charge in [-0.2, -0.15) is 4.98 Å². The van der Waals surface area contributed by atoms with Gasteiger partial charge in [-0.1, -0.05) is 23.4 Å². The van der Waals surface area contributed by atoms with Crippen molar-refractivity contribution in [2.24, 2.45) is 0 Å². The number of hydrogen-bond acceptors (Lipinski definition) is 10. The number of para-hydroxylation sites is 1. The minimum absolute atomic E-state index is 0.0787. The summed E-state index contributed by atoms with van der Waals surface area (Å²) in [5, 5.41) is 7.36. The first-order valence-corrected chi connectivity index (χ1v) is 13.2. The molecule has 2 aliphatic heterocycles. The minimum atomic E-state index is -2.95. The van der Waals surface area contributed by atoms with Gasteiger partial charge in [-0.3, -0.25) is 4.79 Å². The number of rotatable bonds is 6. The molecule has 11 nitrogen and oxygen atoms in total. The highest BCUT2D eigenvalue weighted by Crippen LogP contribution is 2.25. The predicted molar refractivity (Wildman–Crippen MR) is 128 cm³/mol. The molecule has 0 aliphatic carbocycles. The maximum absolute atomic E-state index is 12.9. The van der Waals surface area contributed by atoms with E-state index in [1.165, 1.54) is 0 Å². The first-order chi connectivity index (χ1) is 17.0. The van der Waals surface area contributed by atoms with Crippen molar-refractivity contribution < 1.29 is 22.5 Å². The monoisotopic (exact) mass is 498 g/mol. The van der Waals surface area contributed by atoms with Crippen LogP contribution in [-0.2, 0) is 14.6 Å². The summed E-state index contributed by atoms with van der Waals surface area (Å²) in [7, 11) is -2.95. The molecule has 4 heterocycles. The first kappa shape index (κ1) is 23.2. The van der Waals surface area contributed by atoms with E-state index in [9.17, 15) is 13.2 Å². The molecule has 0 radical (unpaired) electrons. The van der Waals surface area contributed by atoms with E-state index in [4.69, 9.17) is 9.26 Å². The molecule has 0 bridgehead atoms. The van der Waals surface area contributed by atoms with Gasteiger partial charge in [-0.25, -0.2) is 13.4 Å². The van der Waals surface area contributed by atoms with Crippen LogP contribution in [0.25, 0.3) is 11.4 Å². The van der Waals surface area contributed by atoms with Gasteiger partial charge in [0.05, 0.1) is 11.5 Å². The van der Waals surface area contributed by atoms with E-state index in [-0.39, 0.29) is 24.0 Å². The topological polar surface area (TPSA) is 131 Å². The number of amides is 1. The summed E-state index contributed by atoms with van der Waals surface area (Å²) < 4.78 is 34.5. The molecule has 12 heteroatoms. The maximum atomic E-state index is 12.9. The first-order valence-electron chi connectivity index (χ1n) is 11.4. The van der Waals surface area contributed by atoms with E-state index in [0.717, 1.165) is 0 Å². The van der Waals surface area contributed by atoms with Gasteiger partial charge < -0.3 is 24.4 Å². The van der Waals surface area contributed by atoms with Crippen molar-refractivity contribution in [3.63, 3.8) is 0 Å². The Kier molecular flexibility index (Phi) is 6.64. The summed E-state index contributed by atoms with van der Waals surface area (Å²) in [5.41, 5.74) is 0.669. The summed E-state index contributed by atoms with van der Waals surface area (Å²) >= 11 is 0. The lowest BCUT2D eigenvalue weighted by Gasteiger charge is -2.33. The van der Waals surface area contributed by atoms with E-state index in [0.29, 0.717) is 61.6 Å². The number of carbonyl (C=O) groups is 1.